The van der Waals surface area contributed by atoms with Crippen LogP contribution in [0.15, 0.2) is 48.5 Å². The van der Waals surface area contributed by atoms with Gasteiger partial charge in [0.1, 0.15) is 0 Å². The fourth-order valence-corrected chi connectivity index (χ4v) is 3.98. The summed E-state index contributed by atoms with van der Waals surface area (Å²) in [5.74, 6) is -0.185. The number of sulfonamides is 1. The normalized spacial score (nSPS) is 11.1. The number of hydrogen-bond donors (Lipinski definition) is 2. The van der Waals surface area contributed by atoms with Gasteiger partial charge >= 0.3 is 5.97 Å². The van der Waals surface area contributed by atoms with E-state index in [9.17, 15) is 13.2 Å². The van der Waals surface area contributed by atoms with Crippen LogP contribution < -0.4 is 10.0 Å². The summed E-state index contributed by atoms with van der Waals surface area (Å²) in [5, 5.41) is 3.30. The summed E-state index contributed by atoms with van der Waals surface area (Å²) in [6, 6.07) is 14.5. The molecule has 158 valence electrons. The second kappa shape index (κ2) is 11.5. The lowest BCUT2D eigenvalue weighted by Gasteiger charge is -2.09. The van der Waals surface area contributed by atoms with Crippen LogP contribution in [0.25, 0.3) is 0 Å². The van der Waals surface area contributed by atoms with Crippen molar-refractivity contribution >= 4 is 27.4 Å². The molecule has 0 aromatic heterocycles. The fraction of sp³-hybridized carbons (Fsp3) is 0.409. The minimum atomic E-state index is -3.30. The van der Waals surface area contributed by atoms with Crippen molar-refractivity contribution in [2.75, 3.05) is 28.9 Å². The van der Waals surface area contributed by atoms with Crippen molar-refractivity contribution < 1.29 is 17.9 Å². The Morgan fingerprint density at radius 3 is 2.17 bits per heavy atom. The number of anilines is 2. The van der Waals surface area contributed by atoms with Crippen LogP contribution in [0.4, 0.5) is 11.4 Å². The molecule has 29 heavy (non-hydrogen) atoms. The van der Waals surface area contributed by atoms with Crippen molar-refractivity contribution in [2.24, 2.45) is 0 Å². The molecule has 2 N–H and O–H groups in total. The van der Waals surface area contributed by atoms with E-state index in [2.05, 4.69) is 10.0 Å². The Balaban J connectivity index is 1.59. The van der Waals surface area contributed by atoms with E-state index in [0.29, 0.717) is 24.3 Å². The molecule has 0 atom stereocenters. The summed E-state index contributed by atoms with van der Waals surface area (Å²) in [7, 11) is -3.30. The highest BCUT2D eigenvalue weighted by Crippen LogP contribution is 2.13. The second-order valence-electron chi connectivity index (χ2n) is 6.93. The number of nitrogens with one attached hydrogen (secondary N) is 2. The minimum Gasteiger partial charge on any atom is -0.462 e. The number of hydrogen-bond acceptors (Lipinski definition) is 5. The van der Waals surface area contributed by atoms with Crippen LogP contribution in [0.5, 0.6) is 0 Å². The molecule has 0 aliphatic heterocycles. The third-order valence-electron chi connectivity index (χ3n) is 4.39. The first-order chi connectivity index (χ1) is 13.9. The van der Waals surface area contributed by atoms with Gasteiger partial charge in [-0.15, -0.1) is 0 Å². The number of rotatable bonds is 12. The Morgan fingerprint density at radius 1 is 0.897 bits per heavy atom. The number of benzene rings is 2. The van der Waals surface area contributed by atoms with E-state index in [4.69, 9.17) is 4.74 Å². The molecule has 0 amide bonds. The van der Waals surface area contributed by atoms with Crippen LogP contribution in [-0.2, 0) is 14.8 Å². The highest BCUT2D eigenvalue weighted by atomic mass is 32.2. The van der Waals surface area contributed by atoms with Crippen LogP contribution in [0.1, 0.15) is 48.5 Å². The molecule has 0 aliphatic rings. The number of carbonyl (C=O) groups excluding carboxylic acids is 1. The van der Waals surface area contributed by atoms with Crippen LogP contribution in [-0.4, -0.2) is 33.3 Å². The lowest BCUT2D eigenvalue weighted by atomic mass is 10.2. The highest BCUT2D eigenvalue weighted by molar-refractivity contribution is 7.92. The molecule has 0 aliphatic carbocycles. The molecule has 6 nitrogen and oxygen atoms in total. The number of aryl methyl sites for hydroxylation is 1. The smallest absolute Gasteiger partial charge is 0.338 e. The molecule has 2 aromatic carbocycles. The van der Waals surface area contributed by atoms with E-state index in [1.807, 2.05) is 31.2 Å². The number of esters is 1. The molecular formula is C22H30N2O4S. The van der Waals surface area contributed by atoms with E-state index in [0.717, 1.165) is 37.1 Å². The lowest BCUT2D eigenvalue weighted by molar-refractivity contribution is 0.0526. The predicted octanol–water partition coefficient (Wildman–Crippen LogP) is 4.59. The molecule has 0 spiro atoms. The molecule has 7 heteroatoms. The molecule has 0 unspecified atom stereocenters. The minimum absolute atomic E-state index is 0.129. The third-order valence-corrected chi connectivity index (χ3v) is 5.76. The Morgan fingerprint density at radius 2 is 1.52 bits per heavy atom. The first-order valence-corrected chi connectivity index (χ1v) is 11.6. The summed E-state index contributed by atoms with van der Waals surface area (Å²) in [6.45, 7) is 4.91. The second-order valence-corrected chi connectivity index (χ2v) is 8.77. The van der Waals surface area contributed by atoms with Crippen LogP contribution in [0.3, 0.4) is 0 Å². The summed E-state index contributed by atoms with van der Waals surface area (Å²) in [5.41, 5.74) is 3.19. The molecule has 0 saturated heterocycles. The van der Waals surface area contributed by atoms with Gasteiger partial charge < -0.3 is 10.1 Å². The average molecular weight is 419 g/mol. The van der Waals surface area contributed by atoms with E-state index >= 15 is 0 Å². The highest BCUT2D eigenvalue weighted by Gasteiger charge is 2.10. The largest absolute Gasteiger partial charge is 0.462 e. The van der Waals surface area contributed by atoms with Gasteiger partial charge in [-0.25, -0.2) is 13.2 Å². The van der Waals surface area contributed by atoms with E-state index in [1.165, 1.54) is 0 Å². The van der Waals surface area contributed by atoms with Crippen LogP contribution in [0, 0.1) is 6.92 Å². The van der Waals surface area contributed by atoms with Gasteiger partial charge in [-0.3, -0.25) is 4.72 Å². The maximum Gasteiger partial charge on any atom is 0.338 e. The predicted molar refractivity (Wildman–Crippen MR) is 118 cm³/mol. The standard InChI is InChI=1S/C22H30N2O4S/c1-3-28-22(25)19-10-14-20(15-11-19)23-16-6-4-5-7-17-29(26,27)24-21-12-8-18(2)9-13-21/h8-15,23-24H,3-7,16-17H2,1-2H3. The van der Waals surface area contributed by atoms with Crippen molar-refractivity contribution in [3.8, 4) is 0 Å². The molecule has 0 bridgehead atoms. The SMILES string of the molecule is CCOC(=O)c1ccc(NCCCCCCS(=O)(=O)Nc2ccc(C)cc2)cc1. The van der Waals surface area contributed by atoms with Crippen LogP contribution >= 0.6 is 0 Å². The monoisotopic (exact) mass is 418 g/mol. The van der Waals surface area contributed by atoms with E-state index in [1.54, 1.807) is 31.2 Å². The van der Waals surface area contributed by atoms with Gasteiger partial charge in [0.15, 0.2) is 0 Å². The summed E-state index contributed by atoms with van der Waals surface area (Å²) >= 11 is 0. The molecule has 0 radical (unpaired) electrons. The Bertz CT molecular complexity index is 863. The molecule has 0 fully saturated rings. The van der Waals surface area contributed by atoms with Gasteiger partial charge in [-0.2, -0.15) is 0 Å². The average Bonchev–Trinajstić information content (AvgIpc) is 2.69. The van der Waals surface area contributed by atoms with Gasteiger partial charge in [0.25, 0.3) is 0 Å². The molecule has 2 aromatic rings. The van der Waals surface area contributed by atoms with Crippen LogP contribution in [0.2, 0.25) is 0 Å². The van der Waals surface area contributed by atoms with Gasteiger partial charge in [0.2, 0.25) is 10.0 Å². The van der Waals surface area contributed by atoms with Gasteiger partial charge in [0, 0.05) is 17.9 Å². The number of unbranched alkanes of at least 4 members (excludes halogenated alkanes) is 3. The van der Waals surface area contributed by atoms with Crippen molar-refractivity contribution in [1.29, 1.82) is 0 Å². The van der Waals surface area contributed by atoms with Crippen molar-refractivity contribution in [3.63, 3.8) is 0 Å². The van der Waals surface area contributed by atoms with Gasteiger partial charge in [-0.05, 0) is 63.1 Å². The first kappa shape index (κ1) is 22.7. The maximum absolute atomic E-state index is 12.1. The van der Waals surface area contributed by atoms with Crippen molar-refractivity contribution in [1.82, 2.24) is 0 Å². The molecule has 2 rings (SSSR count). The van der Waals surface area contributed by atoms with Gasteiger partial charge in [-0.1, -0.05) is 30.5 Å². The summed E-state index contributed by atoms with van der Waals surface area (Å²) < 4.78 is 31.8. The zero-order valence-electron chi connectivity index (χ0n) is 17.1. The maximum atomic E-state index is 12.1. The van der Waals surface area contributed by atoms with Crippen molar-refractivity contribution in [3.05, 3.63) is 59.7 Å². The Hall–Kier alpha value is -2.54. The molecular weight excluding hydrogens is 388 g/mol. The lowest BCUT2D eigenvalue weighted by Crippen LogP contribution is -2.16. The molecule has 0 heterocycles. The zero-order chi connectivity index (χ0) is 21.1. The van der Waals surface area contributed by atoms with Crippen molar-refractivity contribution in [2.45, 2.75) is 39.5 Å². The number of ether oxygens (including phenoxy) is 1. The zero-order valence-corrected chi connectivity index (χ0v) is 17.9. The van der Waals surface area contributed by atoms with Gasteiger partial charge in [0.05, 0.1) is 17.9 Å². The number of carbonyl (C=O) groups is 1. The summed E-state index contributed by atoms with van der Waals surface area (Å²) in [4.78, 5) is 11.6. The topological polar surface area (TPSA) is 84.5 Å². The molecule has 0 saturated carbocycles. The quantitative estimate of drug-likeness (QED) is 0.389. The third kappa shape index (κ3) is 8.56. The Kier molecular flexibility index (Phi) is 8.99. The first-order valence-electron chi connectivity index (χ1n) is 9.98. The summed E-state index contributed by atoms with van der Waals surface area (Å²) in [6.07, 6.45) is 3.40. The van der Waals surface area contributed by atoms with E-state index in [-0.39, 0.29) is 11.7 Å². The fourth-order valence-electron chi connectivity index (χ4n) is 2.79. The van der Waals surface area contributed by atoms with E-state index < -0.39 is 10.0 Å². The Labute approximate surface area is 173 Å².